The first-order valence-electron chi connectivity index (χ1n) is 5.45. The molecule has 1 fully saturated rings. The van der Waals surface area contributed by atoms with Crippen LogP contribution in [0.2, 0.25) is 0 Å². The molecule has 4 heteroatoms. The number of hydrogen-bond donors (Lipinski definition) is 1. The quantitative estimate of drug-likeness (QED) is 0.719. The molecule has 0 aromatic rings. The van der Waals surface area contributed by atoms with E-state index >= 15 is 0 Å². The molecule has 1 heterocycles. The third-order valence-corrected chi connectivity index (χ3v) is 3.05. The molecule has 1 aliphatic rings. The summed E-state index contributed by atoms with van der Waals surface area (Å²) in [7, 11) is 1.80. The number of aliphatic hydroxyl groups excluding tert-OH is 1. The summed E-state index contributed by atoms with van der Waals surface area (Å²) in [5.41, 5.74) is -0.0791. The van der Waals surface area contributed by atoms with Gasteiger partial charge in [0.1, 0.15) is 6.04 Å². The summed E-state index contributed by atoms with van der Waals surface area (Å²) < 4.78 is 0. The molecule has 0 aromatic heterocycles. The van der Waals surface area contributed by atoms with Gasteiger partial charge in [0.15, 0.2) is 0 Å². The Labute approximate surface area is 91.9 Å². The zero-order valence-electron chi connectivity index (χ0n) is 10.3. The van der Waals surface area contributed by atoms with Crippen molar-refractivity contribution in [3.63, 3.8) is 0 Å². The molecule has 1 atom stereocenters. The molecule has 0 radical (unpaired) electrons. The van der Waals surface area contributed by atoms with Crippen molar-refractivity contribution in [3.8, 4) is 0 Å². The van der Waals surface area contributed by atoms with E-state index in [-0.39, 0.29) is 24.1 Å². The normalized spacial score (nSPS) is 27.5. The van der Waals surface area contributed by atoms with E-state index in [0.29, 0.717) is 6.54 Å². The lowest BCUT2D eigenvalue weighted by atomic mass is 9.93. The molecular formula is C11H22N2O2. The second-order valence-electron chi connectivity index (χ2n) is 5.21. The lowest BCUT2D eigenvalue weighted by Gasteiger charge is -2.51. The van der Waals surface area contributed by atoms with Crippen molar-refractivity contribution in [2.24, 2.45) is 0 Å². The average molecular weight is 214 g/mol. The Hall–Kier alpha value is -0.610. The second-order valence-corrected chi connectivity index (χ2v) is 5.21. The van der Waals surface area contributed by atoms with Gasteiger partial charge in [-0.05, 0) is 27.7 Å². The Kier molecular flexibility index (Phi) is 3.41. The van der Waals surface area contributed by atoms with Crippen LogP contribution in [0.3, 0.4) is 0 Å². The van der Waals surface area contributed by atoms with Gasteiger partial charge in [-0.15, -0.1) is 0 Å². The van der Waals surface area contributed by atoms with Gasteiger partial charge in [0.05, 0.1) is 6.61 Å². The van der Waals surface area contributed by atoms with Crippen LogP contribution in [0.1, 0.15) is 27.7 Å². The van der Waals surface area contributed by atoms with Crippen LogP contribution < -0.4 is 0 Å². The van der Waals surface area contributed by atoms with Gasteiger partial charge in [-0.25, -0.2) is 0 Å². The molecule has 1 rings (SSSR count). The molecule has 15 heavy (non-hydrogen) atoms. The fourth-order valence-corrected chi connectivity index (χ4v) is 2.76. The van der Waals surface area contributed by atoms with Crippen molar-refractivity contribution in [2.45, 2.75) is 45.3 Å². The van der Waals surface area contributed by atoms with Crippen LogP contribution in [0.5, 0.6) is 0 Å². The number of aliphatic hydroxyl groups is 1. The monoisotopic (exact) mass is 214 g/mol. The number of likely N-dealkylation sites (N-methyl/N-ethyl adjacent to an activating group) is 1. The van der Waals surface area contributed by atoms with Gasteiger partial charge in [-0.3, -0.25) is 9.69 Å². The first-order chi connectivity index (χ1) is 6.81. The van der Waals surface area contributed by atoms with Gasteiger partial charge in [0.2, 0.25) is 5.91 Å². The van der Waals surface area contributed by atoms with Gasteiger partial charge in [0.25, 0.3) is 0 Å². The lowest BCUT2D eigenvalue weighted by molar-refractivity contribution is -0.153. The van der Waals surface area contributed by atoms with Crippen LogP contribution in [-0.4, -0.2) is 58.6 Å². The van der Waals surface area contributed by atoms with E-state index < -0.39 is 6.04 Å². The highest BCUT2D eigenvalue weighted by atomic mass is 16.3. The van der Waals surface area contributed by atoms with Crippen molar-refractivity contribution in [2.75, 3.05) is 20.2 Å². The maximum absolute atomic E-state index is 11.9. The van der Waals surface area contributed by atoms with Crippen LogP contribution >= 0.6 is 0 Å². The van der Waals surface area contributed by atoms with Gasteiger partial charge in [0, 0.05) is 25.2 Å². The molecule has 0 aliphatic carbocycles. The van der Waals surface area contributed by atoms with E-state index in [1.165, 1.54) is 0 Å². The van der Waals surface area contributed by atoms with E-state index in [2.05, 4.69) is 32.6 Å². The molecule has 1 saturated heterocycles. The summed E-state index contributed by atoms with van der Waals surface area (Å²) in [5, 5.41) is 9.34. The Bertz CT molecular complexity index is 251. The third-order valence-electron chi connectivity index (χ3n) is 3.05. The van der Waals surface area contributed by atoms with Crippen LogP contribution in [0.4, 0.5) is 0 Å². The van der Waals surface area contributed by atoms with Crippen LogP contribution in [0.15, 0.2) is 0 Å². The Balaban J connectivity index is 3.02. The lowest BCUT2D eigenvalue weighted by Crippen LogP contribution is -2.68. The Morgan fingerprint density at radius 2 is 2.07 bits per heavy atom. The highest BCUT2D eigenvalue weighted by Crippen LogP contribution is 2.27. The van der Waals surface area contributed by atoms with Crippen molar-refractivity contribution in [3.05, 3.63) is 0 Å². The summed E-state index contributed by atoms with van der Waals surface area (Å²) in [5.74, 6) is 0.0190. The molecular weight excluding hydrogens is 192 g/mol. The zero-order chi connectivity index (χ0) is 11.8. The summed E-state index contributed by atoms with van der Waals surface area (Å²) in [6.07, 6.45) is 0. The summed E-state index contributed by atoms with van der Waals surface area (Å²) in [4.78, 5) is 15.7. The minimum atomic E-state index is -0.390. The number of nitrogens with zero attached hydrogens (tertiary/aromatic N) is 2. The predicted octanol–water partition coefficient (Wildman–Crippen LogP) is 0.308. The highest BCUT2D eigenvalue weighted by Gasteiger charge is 2.44. The van der Waals surface area contributed by atoms with Crippen LogP contribution in [0, 0.1) is 0 Å². The average Bonchev–Trinajstić information content (AvgIpc) is 2.09. The largest absolute Gasteiger partial charge is 0.394 e. The number of rotatable bonds is 2. The SMILES string of the molecule is CC(C)N1C(CO)C(=O)N(C)CC1(C)C. The molecule has 0 spiro atoms. The number of hydrogen-bond acceptors (Lipinski definition) is 3. The third kappa shape index (κ3) is 2.16. The number of amides is 1. The fraction of sp³-hybridized carbons (Fsp3) is 0.909. The minimum absolute atomic E-state index is 0.0190. The number of carbonyl (C=O) groups excluding carboxylic acids is 1. The molecule has 0 aromatic carbocycles. The van der Waals surface area contributed by atoms with Gasteiger partial charge < -0.3 is 10.0 Å². The maximum Gasteiger partial charge on any atom is 0.242 e. The molecule has 1 N–H and O–H groups in total. The van der Waals surface area contributed by atoms with E-state index in [9.17, 15) is 9.90 Å². The zero-order valence-corrected chi connectivity index (χ0v) is 10.3. The summed E-state index contributed by atoms with van der Waals surface area (Å²) in [6.45, 7) is 8.94. The molecule has 1 amide bonds. The molecule has 0 saturated carbocycles. The minimum Gasteiger partial charge on any atom is -0.394 e. The van der Waals surface area contributed by atoms with E-state index in [4.69, 9.17) is 0 Å². The summed E-state index contributed by atoms with van der Waals surface area (Å²) >= 11 is 0. The van der Waals surface area contributed by atoms with E-state index in [0.717, 1.165) is 0 Å². The standard InChI is InChI=1S/C11H22N2O2/c1-8(2)13-9(6-14)10(15)12(5)7-11(13,3)4/h8-9,14H,6-7H2,1-5H3. The summed E-state index contributed by atoms with van der Waals surface area (Å²) in [6, 6.07) is -0.131. The first-order valence-corrected chi connectivity index (χ1v) is 5.45. The van der Waals surface area contributed by atoms with E-state index in [1.54, 1.807) is 11.9 Å². The first kappa shape index (κ1) is 12.5. The van der Waals surface area contributed by atoms with Crippen molar-refractivity contribution in [1.82, 2.24) is 9.80 Å². The van der Waals surface area contributed by atoms with Crippen molar-refractivity contribution >= 4 is 5.91 Å². The van der Waals surface area contributed by atoms with Crippen molar-refractivity contribution in [1.29, 1.82) is 0 Å². The predicted molar refractivity (Wildman–Crippen MR) is 59.6 cm³/mol. The molecule has 0 bridgehead atoms. The van der Waals surface area contributed by atoms with Crippen molar-refractivity contribution < 1.29 is 9.90 Å². The molecule has 1 unspecified atom stereocenters. The van der Waals surface area contributed by atoms with Gasteiger partial charge in [-0.1, -0.05) is 0 Å². The van der Waals surface area contributed by atoms with Crippen LogP contribution in [0.25, 0.3) is 0 Å². The van der Waals surface area contributed by atoms with E-state index in [1.807, 2.05) is 0 Å². The molecule has 88 valence electrons. The molecule has 4 nitrogen and oxygen atoms in total. The topological polar surface area (TPSA) is 43.8 Å². The molecule has 1 aliphatic heterocycles. The fourth-order valence-electron chi connectivity index (χ4n) is 2.76. The highest BCUT2D eigenvalue weighted by molar-refractivity contribution is 5.83. The maximum atomic E-state index is 11.9. The Morgan fingerprint density at radius 3 is 2.47 bits per heavy atom. The smallest absolute Gasteiger partial charge is 0.242 e. The number of piperazine rings is 1. The van der Waals surface area contributed by atoms with Gasteiger partial charge >= 0.3 is 0 Å². The Morgan fingerprint density at radius 1 is 1.53 bits per heavy atom. The van der Waals surface area contributed by atoms with Crippen LogP contribution in [-0.2, 0) is 4.79 Å². The second kappa shape index (κ2) is 4.10. The number of carbonyl (C=O) groups is 1. The van der Waals surface area contributed by atoms with Gasteiger partial charge in [-0.2, -0.15) is 0 Å².